The molecule has 0 aromatic heterocycles. The maximum Gasteiger partial charge on any atom is 0.303 e. The summed E-state index contributed by atoms with van der Waals surface area (Å²) in [5.41, 5.74) is 0. The number of ether oxygens (including phenoxy) is 6. The first-order chi connectivity index (χ1) is 14.3. The first kappa shape index (κ1) is 24.0. The highest BCUT2D eigenvalue weighted by molar-refractivity contribution is 5.67. The molecule has 8 heteroatoms. The molecule has 1 saturated heterocycles. The molecule has 0 bridgehead atoms. The Kier molecular flexibility index (Phi) is 9.39. The Balaban J connectivity index is 1.92. The van der Waals surface area contributed by atoms with Gasteiger partial charge >= 0.3 is 11.9 Å². The molecule has 1 aliphatic rings. The van der Waals surface area contributed by atoms with E-state index < -0.39 is 30.4 Å². The lowest BCUT2D eigenvalue weighted by atomic mass is 9.89. The first-order valence-corrected chi connectivity index (χ1v) is 10.2. The summed E-state index contributed by atoms with van der Waals surface area (Å²) in [5.74, 6) is 0.434. The van der Waals surface area contributed by atoms with E-state index in [1.165, 1.54) is 13.8 Å². The van der Waals surface area contributed by atoms with E-state index >= 15 is 0 Å². The zero-order chi connectivity index (χ0) is 22.1. The second-order valence-corrected chi connectivity index (χ2v) is 7.21. The second kappa shape index (κ2) is 11.8. The normalized spacial score (nSPS) is 26.0. The molecule has 0 unspecified atom stereocenters. The highest BCUT2D eigenvalue weighted by Crippen LogP contribution is 2.32. The minimum atomic E-state index is -0.827. The monoisotopic (exact) mass is 424 g/mol. The van der Waals surface area contributed by atoms with Crippen molar-refractivity contribution in [1.29, 1.82) is 0 Å². The molecule has 1 fully saturated rings. The highest BCUT2D eigenvalue weighted by atomic mass is 16.7. The summed E-state index contributed by atoms with van der Waals surface area (Å²) in [6.45, 7) is 7.31. The Hall–Kier alpha value is -2.32. The highest BCUT2D eigenvalue weighted by Gasteiger charge is 2.47. The number of methoxy groups -OCH3 is 1. The van der Waals surface area contributed by atoms with E-state index in [0.717, 1.165) is 11.5 Å². The van der Waals surface area contributed by atoms with Crippen molar-refractivity contribution in [2.75, 3.05) is 20.3 Å². The van der Waals surface area contributed by atoms with Gasteiger partial charge in [-0.3, -0.25) is 9.59 Å². The van der Waals surface area contributed by atoms with Gasteiger partial charge in [-0.2, -0.15) is 0 Å². The smallest absolute Gasteiger partial charge is 0.303 e. The fraction of sp³-hybridized carbons (Fsp3) is 0.636. The van der Waals surface area contributed by atoms with Crippen LogP contribution in [-0.2, 0) is 28.5 Å². The van der Waals surface area contributed by atoms with Gasteiger partial charge in [0.15, 0.2) is 12.4 Å². The Morgan fingerprint density at radius 2 is 1.57 bits per heavy atom. The van der Waals surface area contributed by atoms with Gasteiger partial charge < -0.3 is 28.4 Å². The van der Waals surface area contributed by atoms with Gasteiger partial charge in [0.2, 0.25) is 0 Å². The lowest BCUT2D eigenvalue weighted by Gasteiger charge is -2.43. The lowest BCUT2D eigenvalue weighted by molar-refractivity contribution is -0.290. The van der Waals surface area contributed by atoms with Crippen molar-refractivity contribution in [3.8, 4) is 11.5 Å². The Labute approximate surface area is 177 Å². The SMILES string of the molecule is CC[C@H]1O[C@@H](OCCCOc2ccc(OC)cc2)[C@H](OC(C)=O)[C@@H](OC(C)=O)[C@@H]1C. The first-order valence-electron chi connectivity index (χ1n) is 10.2. The molecule has 30 heavy (non-hydrogen) atoms. The minimum Gasteiger partial charge on any atom is -0.497 e. The summed E-state index contributed by atoms with van der Waals surface area (Å²) in [4.78, 5) is 23.2. The summed E-state index contributed by atoms with van der Waals surface area (Å²) >= 11 is 0. The Bertz CT molecular complexity index is 674. The molecular formula is C22H32O8. The van der Waals surface area contributed by atoms with Crippen LogP contribution >= 0.6 is 0 Å². The van der Waals surface area contributed by atoms with Crippen molar-refractivity contribution in [2.24, 2.45) is 5.92 Å². The molecule has 1 aliphatic heterocycles. The van der Waals surface area contributed by atoms with E-state index in [2.05, 4.69) is 0 Å². The molecule has 2 rings (SSSR count). The molecule has 0 spiro atoms. The summed E-state index contributed by atoms with van der Waals surface area (Å²) in [7, 11) is 1.61. The molecule has 0 N–H and O–H groups in total. The Morgan fingerprint density at radius 1 is 0.967 bits per heavy atom. The van der Waals surface area contributed by atoms with Crippen LogP contribution in [0.15, 0.2) is 24.3 Å². The van der Waals surface area contributed by atoms with Gasteiger partial charge in [-0.1, -0.05) is 13.8 Å². The fourth-order valence-corrected chi connectivity index (χ4v) is 3.44. The predicted molar refractivity (Wildman–Crippen MR) is 108 cm³/mol. The molecule has 0 amide bonds. The largest absolute Gasteiger partial charge is 0.497 e. The van der Waals surface area contributed by atoms with E-state index in [1.807, 2.05) is 38.1 Å². The topological polar surface area (TPSA) is 89.5 Å². The van der Waals surface area contributed by atoms with Crippen LogP contribution in [0, 0.1) is 5.92 Å². The van der Waals surface area contributed by atoms with Crippen molar-refractivity contribution < 1.29 is 38.0 Å². The molecule has 0 radical (unpaired) electrons. The van der Waals surface area contributed by atoms with Crippen LogP contribution in [0.1, 0.15) is 40.5 Å². The molecule has 1 aromatic rings. The van der Waals surface area contributed by atoms with E-state index in [4.69, 9.17) is 28.4 Å². The van der Waals surface area contributed by atoms with Crippen molar-refractivity contribution in [1.82, 2.24) is 0 Å². The summed E-state index contributed by atoms with van der Waals surface area (Å²) in [5, 5.41) is 0. The molecule has 168 valence electrons. The Morgan fingerprint density at radius 3 is 2.13 bits per heavy atom. The van der Waals surface area contributed by atoms with Crippen molar-refractivity contribution in [3.05, 3.63) is 24.3 Å². The van der Waals surface area contributed by atoms with Crippen molar-refractivity contribution in [3.63, 3.8) is 0 Å². The van der Waals surface area contributed by atoms with Gasteiger partial charge in [0, 0.05) is 26.2 Å². The summed E-state index contributed by atoms with van der Waals surface area (Å²) < 4.78 is 33.6. The molecule has 1 aromatic carbocycles. The van der Waals surface area contributed by atoms with Gasteiger partial charge in [-0.05, 0) is 30.7 Å². The van der Waals surface area contributed by atoms with Crippen LogP contribution in [0.3, 0.4) is 0 Å². The minimum absolute atomic E-state index is 0.137. The number of hydrogen-bond acceptors (Lipinski definition) is 8. The molecular weight excluding hydrogens is 392 g/mol. The predicted octanol–water partition coefficient (Wildman–Crippen LogP) is 3.12. The number of hydrogen-bond donors (Lipinski definition) is 0. The average Bonchev–Trinajstić information content (AvgIpc) is 2.71. The quantitative estimate of drug-likeness (QED) is 0.418. The maximum atomic E-state index is 11.6. The fourth-order valence-electron chi connectivity index (χ4n) is 3.44. The third kappa shape index (κ3) is 6.88. The third-order valence-corrected chi connectivity index (χ3v) is 4.91. The molecule has 0 saturated carbocycles. The van der Waals surface area contributed by atoms with Crippen molar-refractivity contribution >= 4 is 11.9 Å². The number of rotatable bonds is 10. The van der Waals surface area contributed by atoms with E-state index in [0.29, 0.717) is 26.1 Å². The van der Waals surface area contributed by atoms with Crippen LogP contribution in [-0.4, -0.2) is 56.9 Å². The second-order valence-electron chi connectivity index (χ2n) is 7.21. The van der Waals surface area contributed by atoms with Crippen LogP contribution in [0.25, 0.3) is 0 Å². The summed E-state index contributed by atoms with van der Waals surface area (Å²) in [6, 6.07) is 7.31. The van der Waals surface area contributed by atoms with E-state index in [9.17, 15) is 9.59 Å². The molecule has 1 heterocycles. The van der Waals surface area contributed by atoms with Crippen molar-refractivity contribution in [2.45, 2.75) is 65.1 Å². The number of esters is 2. The zero-order valence-electron chi connectivity index (χ0n) is 18.3. The summed E-state index contributed by atoms with van der Waals surface area (Å²) in [6.07, 6.45) is -1.14. The van der Waals surface area contributed by atoms with E-state index in [-0.39, 0.29) is 12.0 Å². The standard InChI is InChI=1S/C22H32O8/c1-6-19-14(2)20(28-15(3)23)21(29-16(4)24)22(30-19)27-13-7-12-26-18-10-8-17(25-5)9-11-18/h8-11,14,19-22H,6-7,12-13H2,1-5H3/t14-,19-,20+,21-,22-/m1/s1. The van der Waals surface area contributed by atoms with Crippen LogP contribution in [0.5, 0.6) is 11.5 Å². The van der Waals surface area contributed by atoms with Gasteiger partial charge in [0.05, 0.1) is 26.4 Å². The van der Waals surface area contributed by atoms with Gasteiger partial charge in [-0.15, -0.1) is 0 Å². The van der Waals surface area contributed by atoms with Crippen LogP contribution < -0.4 is 9.47 Å². The molecule has 0 aliphatic carbocycles. The lowest BCUT2D eigenvalue weighted by Crippen LogP contribution is -2.57. The van der Waals surface area contributed by atoms with Crippen LogP contribution in [0.2, 0.25) is 0 Å². The zero-order valence-corrected chi connectivity index (χ0v) is 18.3. The molecule has 5 atom stereocenters. The van der Waals surface area contributed by atoms with Gasteiger partial charge in [-0.25, -0.2) is 0 Å². The van der Waals surface area contributed by atoms with Gasteiger partial charge in [0.1, 0.15) is 17.6 Å². The number of carbonyl (C=O) groups excluding carboxylic acids is 2. The number of benzene rings is 1. The average molecular weight is 424 g/mol. The maximum absolute atomic E-state index is 11.6. The van der Waals surface area contributed by atoms with Crippen LogP contribution in [0.4, 0.5) is 0 Å². The third-order valence-electron chi connectivity index (χ3n) is 4.91. The van der Waals surface area contributed by atoms with E-state index in [1.54, 1.807) is 7.11 Å². The number of carbonyl (C=O) groups is 2. The molecule has 8 nitrogen and oxygen atoms in total. The van der Waals surface area contributed by atoms with Gasteiger partial charge in [0.25, 0.3) is 0 Å².